The molecule has 3 aliphatic rings. The molecule has 0 radical (unpaired) electrons. The molecule has 3 atom stereocenters. The van der Waals surface area contributed by atoms with Crippen LogP contribution in [0, 0.1) is 24.0 Å². The van der Waals surface area contributed by atoms with Crippen LogP contribution in [0.2, 0.25) is 0 Å². The first-order valence-electron chi connectivity index (χ1n) is 13.1. The van der Waals surface area contributed by atoms with Crippen molar-refractivity contribution in [1.29, 1.82) is 0 Å². The summed E-state index contributed by atoms with van der Waals surface area (Å²) in [6.07, 6.45) is -3.22. The van der Waals surface area contributed by atoms with E-state index in [1.807, 2.05) is 0 Å². The van der Waals surface area contributed by atoms with E-state index in [1.54, 1.807) is 20.8 Å². The molecule has 1 aromatic carbocycles. The molecule has 2 N–H and O–H groups in total. The van der Waals surface area contributed by atoms with Crippen molar-refractivity contribution in [2.45, 2.75) is 58.3 Å². The van der Waals surface area contributed by atoms with Crippen molar-refractivity contribution < 1.29 is 47.7 Å². The number of halogens is 2. The molecule has 42 heavy (non-hydrogen) atoms. The van der Waals surface area contributed by atoms with Gasteiger partial charge in [-0.25, -0.2) is 13.6 Å². The number of benzene rings is 1. The van der Waals surface area contributed by atoms with Crippen molar-refractivity contribution >= 4 is 46.8 Å². The minimum absolute atomic E-state index is 0.0455. The molecule has 2 aromatic rings. The number of hydrogen-bond acceptors (Lipinski definition) is 10. The van der Waals surface area contributed by atoms with Crippen LogP contribution in [0.4, 0.5) is 19.3 Å². The number of ether oxygens (including phenoxy) is 1. The SMILES string of the molecule is Cc1nnc(-c2cc3c(c(F)c2F)N2C[C@@H](C)O[C@@H](C)[C@@H]2C2(C3)C(=O)N(CCC(=O)O)C(=O)N(CCC(=O)O)C2=O)s1. The quantitative estimate of drug-likeness (QED) is 0.442. The number of amides is 4. The molecule has 1 spiro atoms. The van der Waals surface area contributed by atoms with E-state index in [-0.39, 0.29) is 28.4 Å². The number of hydrogen-bond donors (Lipinski definition) is 2. The number of aryl methyl sites for hydroxylation is 1. The lowest BCUT2D eigenvalue weighted by atomic mass is 9.65. The van der Waals surface area contributed by atoms with Gasteiger partial charge in [0, 0.05) is 26.1 Å². The predicted octanol–water partition coefficient (Wildman–Crippen LogP) is 2.06. The Morgan fingerprint density at radius 3 is 2.17 bits per heavy atom. The Balaban J connectivity index is 1.74. The Bertz CT molecular complexity index is 1480. The van der Waals surface area contributed by atoms with Gasteiger partial charge in [0.1, 0.15) is 5.01 Å². The Hall–Kier alpha value is -4.05. The number of nitrogens with zero attached hydrogens (tertiary/aromatic N) is 5. The first kappa shape index (κ1) is 29.4. The highest BCUT2D eigenvalue weighted by molar-refractivity contribution is 7.14. The van der Waals surface area contributed by atoms with Gasteiger partial charge in [0.05, 0.1) is 42.3 Å². The minimum Gasteiger partial charge on any atom is -0.481 e. The smallest absolute Gasteiger partial charge is 0.333 e. The minimum atomic E-state index is -2.16. The van der Waals surface area contributed by atoms with E-state index in [9.17, 15) is 34.2 Å². The van der Waals surface area contributed by atoms with Crippen LogP contribution in [0.25, 0.3) is 10.6 Å². The van der Waals surface area contributed by atoms with E-state index < -0.39 is 97.4 Å². The largest absolute Gasteiger partial charge is 0.481 e. The molecule has 16 heteroatoms. The number of imide groups is 2. The highest BCUT2D eigenvalue weighted by Crippen LogP contribution is 2.51. The first-order chi connectivity index (χ1) is 19.8. The number of aliphatic carboxylic acids is 2. The van der Waals surface area contributed by atoms with E-state index in [0.29, 0.717) is 14.8 Å². The van der Waals surface area contributed by atoms with Crippen molar-refractivity contribution in [2.24, 2.45) is 5.41 Å². The molecular formula is C26H27F2N5O8S. The van der Waals surface area contributed by atoms with Gasteiger partial charge in [-0.05, 0) is 32.4 Å². The summed E-state index contributed by atoms with van der Waals surface area (Å²) in [5.41, 5.74) is -2.46. The zero-order chi connectivity index (χ0) is 30.7. The fourth-order valence-corrected chi connectivity index (χ4v) is 6.91. The standard InChI is InChI=1S/C26H27F2N5O8S/c1-11-10-33-20-14(8-15(18(27)19(20)28)22-30-29-13(3)42-22)9-26(21(33)12(2)41-11)23(38)31(6-4-16(34)35)25(40)32(24(26)39)7-5-17(36)37/h8,11-12,21H,4-7,9-10H2,1-3H3,(H,34,35)(H,36,37)/t11-,12+,21-/m1/s1. The second kappa shape index (κ2) is 10.7. The molecule has 2 saturated heterocycles. The normalized spacial score (nSPS) is 23.3. The van der Waals surface area contributed by atoms with Crippen molar-refractivity contribution in [2.75, 3.05) is 24.5 Å². The van der Waals surface area contributed by atoms with Crippen LogP contribution >= 0.6 is 11.3 Å². The zero-order valence-electron chi connectivity index (χ0n) is 22.8. The van der Waals surface area contributed by atoms with Gasteiger partial charge in [-0.3, -0.25) is 29.0 Å². The molecule has 3 aliphatic heterocycles. The predicted molar refractivity (Wildman–Crippen MR) is 141 cm³/mol. The van der Waals surface area contributed by atoms with Crippen LogP contribution in [0.1, 0.15) is 37.3 Å². The van der Waals surface area contributed by atoms with Crippen LogP contribution in [0.15, 0.2) is 6.07 Å². The number of carboxylic acid groups (broad SMARTS) is 2. The number of anilines is 1. The maximum absolute atomic E-state index is 16.0. The van der Waals surface area contributed by atoms with Crippen LogP contribution in [-0.2, 0) is 30.3 Å². The van der Waals surface area contributed by atoms with Crippen LogP contribution in [-0.4, -0.2) is 97.9 Å². The van der Waals surface area contributed by atoms with Gasteiger partial charge in [0.15, 0.2) is 22.1 Å². The number of carbonyl (C=O) groups excluding carboxylic acids is 3. The van der Waals surface area contributed by atoms with Gasteiger partial charge in [-0.2, -0.15) is 0 Å². The van der Waals surface area contributed by atoms with Gasteiger partial charge < -0.3 is 19.8 Å². The summed E-state index contributed by atoms with van der Waals surface area (Å²) in [5, 5.41) is 26.9. The third-order valence-corrected chi connectivity index (χ3v) is 8.64. The second-order valence-corrected chi connectivity index (χ2v) is 11.7. The first-order valence-corrected chi connectivity index (χ1v) is 13.9. The number of urea groups is 1. The summed E-state index contributed by atoms with van der Waals surface area (Å²) in [5.74, 6) is -7.06. The third-order valence-electron chi connectivity index (χ3n) is 7.77. The summed E-state index contributed by atoms with van der Waals surface area (Å²) in [4.78, 5) is 67.4. The van der Waals surface area contributed by atoms with Crippen molar-refractivity contribution in [3.8, 4) is 10.6 Å². The molecule has 1 aromatic heterocycles. The molecule has 0 aliphatic carbocycles. The molecule has 4 amide bonds. The summed E-state index contributed by atoms with van der Waals surface area (Å²) in [7, 11) is 0. The number of carbonyl (C=O) groups is 5. The highest BCUT2D eigenvalue weighted by Gasteiger charge is 2.67. The van der Waals surface area contributed by atoms with Gasteiger partial charge in [-0.1, -0.05) is 11.3 Å². The maximum Gasteiger partial charge on any atom is 0.333 e. The lowest BCUT2D eigenvalue weighted by Crippen LogP contribution is -2.76. The summed E-state index contributed by atoms with van der Waals surface area (Å²) >= 11 is 1.02. The van der Waals surface area contributed by atoms with Crippen LogP contribution in [0.5, 0.6) is 0 Å². The molecular weight excluding hydrogens is 580 g/mol. The lowest BCUT2D eigenvalue weighted by molar-refractivity contribution is -0.168. The number of carboxylic acids is 2. The van der Waals surface area contributed by atoms with Gasteiger partial charge in [-0.15, -0.1) is 10.2 Å². The molecule has 2 fully saturated rings. The molecule has 0 saturated carbocycles. The average Bonchev–Trinajstić information content (AvgIpc) is 3.34. The van der Waals surface area contributed by atoms with E-state index in [0.717, 1.165) is 11.3 Å². The number of aromatic nitrogens is 2. The van der Waals surface area contributed by atoms with Crippen molar-refractivity contribution in [3.05, 3.63) is 28.3 Å². The average molecular weight is 608 g/mol. The monoisotopic (exact) mass is 607 g/mol. The fraction of sp³-hybridized carbons (Fsp3) is 0.500. The highest BCUT2D eigenvalue weighted by atomic mass is 32.1. The summed E-state index contributed by atoms with van der Waals surface area (Å²) in [6, 6.07) is -1.09. The third kappa shape index (κ3) is 4.58. The van der Waals surface area contributed by atoms with E-state index in [2.05, 4.69) is 10.2 Å². The molecule has 224 valence electrons. The van der Waals surface area contributed by atoms with Gasteiger partial charge in [0.2, 0.25) is 11.8 Å². The summed E-state index contributed by atoms with van der Waals surface area (Å²) < 4.78 is 37.5. The number of morpholine rings is 1. The maximum atomic E-state index is 16.0. The van der Waals surface area contributed by atoms with Crippen molar-refractivity contribution in [3.63, 3.8) is 0 Å². The summed E-state index contributed by atoms with van der Waals surface area (Å²) in [6.45, 7) is 3.65. The molecule has 4 heterocycles. The van der Waals surface area contributed by atoms with Gasteiger partial charge in [0.25, 0.3) is 0 Å². The Morgan fingerprint density at radius 2 is 1.64 bits per heavy atom. The molecule has 5 rings (SSSR count). The number of fused-ring (bicyclic) bond motifs is 4. The van der Waals surface area contributed by atoms with E-state index in [1.165, 1.54) is 11.0 Å². The van der Waals surface area contributed by atoms with E-state index in [4.69, 9.17) is 4.74 Å². The molecule has 0 bridgehead atoms. The van der Waals surface area contributed by atoms with E-state index >= 15 is 8.78 Å². The molecule has 13 nitrogen and oxygen atoms in total. The Kier molecular flexibility index (Phi) is 7.47. The van der Waals surface area contributed by atoms with Crippen LogP contribution < -0.4 is 4.90 Å². The lowest BCUT2D eigenvalue weighted by Gasteiger charge is -2.57. The van der Waals surface area contributed by atoms with Crippen molar-refractivity contribution in [1.82, 2.24) is 20.0 Å². The fourth-order valence-electron chi connectivity index (χ4n) is 6.21. The number of rotatable bonds is 7. The topological polar surface area (TPSA) is 171 Å². The zero-order valence-corrected chi connectivity index (χ0v) is 23.6. The van der Waals surface area contributed by atoms with Crippen LogP contribution in [0.3, 0.4) is 0 Å². The Labute approximate surface area is 241 Å². The second-order valence-electron chi connectivity index (χ2n) is 10.6. The Morgan fingerprint density at radius 1 is 1.05 bits per heavy atom. The van der Waals surface area contributed by atoms with Gasteiger partial charge >= 0.3 is 18.0 Å². The number of barbiturate groups is 1. The molecule has 0 unspecified atom stereocenters.